The molecule has 214 valence electrons. The van der Waals surface area contributed by atoms with Gasteiger partial charge in [0.25, 0.3) is 0 Å². The monoisotopic (exact) mass is 558 g/mol. The number of nitrogens with two attached hydrogens (primary N) is 1. The van der Waals surface area contributed by atoms with Gasteiger partial charge in [0, 0.05) is 17.4 Å². The van der Waals surface area contributed by atoms with Gasteiger partial charge in [-0.2, -0.15) is 18.2 Å². The molecule has 0 amide bonds. The number of hydrogen-bond acceptors (Lipinski definition) is 7. The summed E-state index contributed by atoms with van der Waals surface area (Å²) in [6.07, 6.45) is -0.227. The first kappa shape index (κ1) is 27.8. The minimum atomic E-state index is -4.63. The van der Waals surface area contributed by atoms with E-state index in [-0.39, 0.29) is 47.3 Å². The number of amidine groups is 1. The number of nitrogens with zero attached hydrogens (tertiary/aromatic N) is 2. The van der Waals surface area contributed by atoms with Crippen molar-refractivity contribution in [3.05, 3.63) is 53.4 Å². The SMILES string of the molecule is CC1CCC[C@@H](c2nc(-c3ccc(OCCCc4ccc5c(c4)OCCO5)c(C(F)(F)F)c3)no2)CC1C(=N)N. The highest BCUT2D eigenvalue weighted by atomic mass is 19.4. The first-order valence-corrected chi connectivity index (χ1v) is 13.6. The summed E-state index contributed by atoms with van der Waals surface area (Å²) in [5.74, 6) is 1.79. The van der Waals surface area contributed by atoms with Crippen molar-refractivity contribution in [2.45, 2.75) is 57.5 Å². The van der Waals surface area contributed by atoms with Gasteiger partial charge in [-0.05, 0) is 73.9 Å². The van der Waals surface area contributed by atoms with Crippen molar-refractivity contribution in [1.82, 2.24) is 10.1 Å². The van der Waals surface area contributed by atoms with Crippen molar-refractivity contribution >= 4 is 5.84 Å². The predicted molar refractivity (Wildman–Crippen MR) is 142 cm³/mol. The molecule has 2 unspecified atom stereocenters. The van der Waals surface area contributed by atoms with Gasteiger partial charge in [0.1, 0.15) is 19.0 Å². The van der Waals surface area contributed by atoms with Gasteiger partial charge in [-0.25, -0.2) is 0 Å². The summed E-state index contributed by atoms with van der Waals surface area (Å²) in [4.78, 5) is 4.44. The molecule has 8 nitrogen and oxygen atoms in total. The third-order valence-corrected chi connectivity index (χ3v) is 7.64. The molecule has 2 aromatic carbocycles. The number of alkyl halides is 3. The van der Waals surface area contributed by atoms with E-state index >= 15 is 0 Å². The van der Waals surface area contributed by atoms with E-state index in [1.165, 1.54) is 12.1 Å². The Labute approximate surface area is 230 Å². The first-order chi connectivity index (χ1) is 19.2. The highest BCUT2D eigenvalue weighted by Gasteiger charge is 2.36. The van der Waals surface area contributed by atoms with Crippen LogP contribution in [0.2, 0.25) is 0 Å². The molecule has 1 aliphatic carbocycles. The molecule has 5 rings (SSSR count). The summed E-state index contributed by atoms with van der Waals surface area (Å²) in [6, 6.07) is 9.45. The van der Waals surface area contributed by atoms with Gasteiger partial charge in [0.05, 0.1) is 18.0 Å². The second kappa shape index (κ2) is 11.8. The lowest BCUT2D eigenvalue weighted by Gasteiger charge is -2.21. The highest BCUT2D eigenvalue weighted by molar-refractivity contribution is 5.80. The molecule has 0 bridgehead atoms. The minimum Gasteiger partial charge on any atom is -0.493 e. The van der Waals surface area contributed by atoms with Crippen molar-refractivity contribution < 1.29 is 31.9 Å². The van der Waals surface area contributed by atoms with Gasteiger partial charge in [-0.3, -0.25) is 5.41 Å². The number of aromatic nitrogens is 2. The van der Waals surface area contributed by atoms with Gasteiger partial charge in [0.2, 0.25) is 11.7 Å². The summed E-state index contributed by atoms with van der Waals surface area (Å²) in [5, 5.41) is 11.9. The van der Waals surface area contributed by atoms with Gasteiger partial charge >= 0.3 is 6.18 Å². The first-order valence-electron chi connectivity index (χ1n) is 13.6. The van der Waals surface area contributed by atoms with Crippen LogP contribution in [0.1, 0.15) is 62.0 Å². The molecule has 3 N–H and O–H groups in total. The zero-order valence-corrected chi connectivity index (χ0v) is 22.3. The van der Waals surface area contributed by atoms with E-state index in [0.717, 1.165) is 30.9 Å². The Morgan fingerprint density at radius 2 is 1.90 bits per heavy atom. The predicted octanol–water partition coefficient (Wildman–Crippen LogP) is 6.38. The average molecular weight is 559 g/mol. The molecule has 3 atom stereocenters. The van der Waals surface area contributed by atoms with E-state index in [9.17, 15) is 13.2 Å². The lowest BCUT2D eigenvalue weighted by atomic mass is 9.86. The van der Waals surface area contributed by atoms with Crippen LogP contribution in [0.25, 0.3) is 11.4 Å². The number of halogens is 3. The molecule has 0 saturated heterocycles. The van der Waals surface area contributed by atoms with E-state index in [0.29, 0.717) is 49.9 Å². The molecule has 0 radical (unpaired) electrons. The normalized spacial score (nSPS) is 21.1. The molecule has 11 heteroatoms. The zero-order valence-electron chi connectivity index (χ0n) is 22.3. The van der Waals surface area contributed by atoms with Crippen LogP contribution in [-0.2, 0) is 12.6 Å². The molecule has 40 heavy (non-hydrogen) atoms. The summed E-state index contributed by atoms with van der Waals surface area (Å²) in [5.41, 5.74) is 6.11. The smallest absolute Gasteiger partial charge is 0.419 e. The van der Waals surface area contributed by atoms with E-state index < -0.39 is 11.7 Å². The Bertz CT molecular complexity index is 1340. The molecule has 1 saturated carbocycles. The van der Waals surface area contributed by atoms with Crippen LogP contribution in [0.5, 0.6) is 17.2 Å². The molecule has 3 aromatic rings. The fourth-order valence-electron chi connectivity index (χ4n) is 5.44. The van der Waals surface area contributed by atoms with Crippen molar-refractivity contribution in [1.29, 1.82) is 5.41 Å². The molecular weight excluding hydrogens is 525 g/mol. The minimum absolute atomic E-state index is 0.0855. The zero-order chi connectivity index (χ0) is 28.3. The molecular formula is C29H33F3N4O4. The number of fused-ring (bicyclic) bond motifs is 1. The van der Waals surface area contributed by atoms with Crippen LogP contribution in [0, 0.1) is 17.2 Å². The fraction of sp³-hybridized carbons (Fsp3) is 0.483. The number of benzene rings is 2. The maximum absolute atomic E-state index is 14.0. The maximum Gasteiger partial charge on any atom is 0.419 e. The van der Waals surface area contributed by atoms with Crippen molar-refractivity contribution in [2.24, 2.45) is 17.6 Å². The maximum atomic E-state index is 14.0. The fourth-order valence-corrected chi connectivity index (χ4v) is 5.44. The number of rotatable bonds is 8. The van der Waals surface area contributed by atoms with Crippen molar-refractivity contribution in [3.63, 3.8) is 0 Å². The van der Waals surface area contributed by atoms with Gasteiger partial charge in [-0.1, -0.05) is 24.6 Å². The van der Waals surface area contributed by atoms with Crippen LogP contribution in [0.15, 0.2) is 40.9 Å². The highest BCUT2D eigenvalue weighted by Crippen LogP contribution is 2.40. The number of ether oxygens (including phenoxy) is 3. The third kappa shape index (κ3) is 6.34. The van der Waals surface area contributed by atoms with Gasteiger partial charge < -0.3 is 24.5 Å². The molecule has 1 aromatic heterocycles. The molecule has 2 aliphatic rings. The Morgan fingerprint density at radius 3 is 2.67 bits per heavy atom. The van der Waals surface area contributed by atoms with Crippen molar-refractivity contribution in [3.8, 4) is 28.6 Å². The Balaban J connectivity index is 1.26. The lowest BCUT2D eigenvalue weighted by molar-refractivity contribution is -0.138. The Morgan fingerprint density at radius 1 is 1.10 bits per heavy atom. The summed E-state index contributed by atoms with van der Waals surface area (Å²) < 4.78 is 64.1. The summed E-state index contributed by atoms with van der Waals surface area (Å²) in [6.45, 7) is 3.19. The van der Waals surface area contributed by atoms with Gasteiger partial charge in [-0.15, -0.1) is 0 Å². The van der Waals surface area contributed by atoms with E-state index in [1.807, 2.05) is 18.2 Å². The van der Waals surface area contributed by atoms with E-state index in [1.54, 1.807) is 0 Å². The molecule has 0 spiro atoms. The van der Waals surface area contributed by atoms with Gasteiger partial charge in [0.15, 0.2) is 11.5 Å². The second-order valence-corrected chi connectivity index (χ2v) is 10.5. The molecule has 2 heterocycles. The second-order valence-electron chi connectivity index (χ2n) is 10.5. The summed E-state index contributed by atoms with van der Waals surface area (Å²) >= 11 is 0. The summed E-state index contributed by atoms with van der Waals surface area (Å²) in [7, 11) is 0. The van der Waals surface area contributed by atoms with Crippen LogP contribution < -0.4 is 19.9 Å². The van der Waals surface area contributed by atoms with Crippen LogP contribution >= 0.6 is 0 Å². The Kier molecular flexibility index (Phi) is 8.18. The van der Waals surface area contributed by atoms with Crippen molar-refractivity contribution in [2.75, 3.05) is 19.8 Å². The average Bonchev–Trinajstić information content (AvgIpc) is 3.33. The topological polar surface area (TPSA) is 116 Å². The quantitative estimate of drug-likeness (QED) is 0.143. The molecule has 1 aliphatic heterocycles. The standard InChI is InChI=1S/C29H33F3N4O4/c1-17-4-2-6-20(15-21(17)26(33)34)28-35-27(36-40-28)19-8-10-23(22(16-19)29(30,31)32)37-11-3-5-18-7-9-24-25(14-18)39-13-12-38-24/h7-10,14,16-17,20-21H,2-6,11-13,15H2,1H3,(H3,33,34)/t17?,20-,21?/m1/s1. The largest absolute Gasteiger partial charge is 0.493 e. The van der Waals surface area contributed by atoms with Crippen LogP contribution in [0.4, 0.5) is 13.2 Å². The number of nitrogens with one attached hydrogen (secondary N) is 1. The molecule has 1 fully saturated rings. The number of hydrogen-bond donors (Lipinski definition) is 2. The third-order valence-electron chi connectivity index (χ3n) is 7.64. The lowest BCUT2D eigenvalue weighted by Crippen LogP contribution is -2.28. The van der Waals surface area contributed by atoms with E-state index in [2.05, 4.69) is 17.1 Å². The van der Waals surface area contributed by atoms with Crippen LogP contribution in [0.3, 0.4) is 0 Å². The Hall–Kier alpha value is -3.76. The van der Waals surface area contributed by atoms with E-state index in [4.69, 9.17) is 29.9 Å². The van der Waals surface area contributed by atoms with Crippen LogP contribution in [-0.4, -0.2) is 35.8 Å². The number of aryl methyl sites for hydroxylation is 1.